The lowest BCUT2D eigenvalue weighted by atomic mass is 10.3. The molecule has 3 aromatic rings. The Labute approximate surface area is 156 Å². The Kier molecular flexibility index (Phi) is 4.57. The predicted octanol–water partition coefficient (Wildman–Crippen LogP) is 2.56. The van der Waals surface area contributed by atoms with Gasteiger partial charge in [0.2, 0.25) is 11.8 Å². The molecule has 0 atom stereocenters. The Balaban J connectivity index is 1.46. The number of pyridine rings is 1. The maximum Gasteiger partial charge on any atom is 0.422 e. The van der Waals surface area contributed by atoms with Gasteiger partial charge in [0.1, 0.15) is 5.82 Å². The van der Waals surface area contributed by atoms with Gasteiger partial charge in [-0.25, -0.2) is 4.98 Å². The zero-order chi connectivity index (χ0) is 19.7. The minimum absolute atomic E-state index is 0.0481. The highest BCUT2D eigenvalue weighted by Gasteiger charge is 2.30. The quantitative estimate of drug-likeness (QED) is 0.693. The zero-order valence-corrected chi connectivity index (χ0v) is 14.5. The molecule has 1 saturated carbocycles. The molecule has 4 rings (SSSR count). The van der Waals surface area contributed by atoms with Crippen LogP contribution in [0.5, 0.6) is 5.88 Å². The molecular weight excluding hydrogens is 377 g/mol. The fourth-order valence-electron chi connectivity index (χ4n) is 2.57. The van der Waals surface area contributed by atoms with Crippen LogP contribution < -0.4 is 10.1 Å². The highest BCUT2D eigenvalue weighted by atomic mass is 19.4. The fraction of sp³-hybridized carbons (Fsp3) is 0.353. The summed E-state index contributed by atoms with van der Waals surface area (Å²) in [6.45, 7) is -1.18. The van der Waals surface area contributed by atoms with E-state index < -0.39 is 12.8 Å². The lowest BCUT2D eigenvalue weighted by molar-refractivity contribution is -0.154. The number of nitrogens with one attached hydrogen (secondary N) is 1. The van der Waals surface area contributed by atoms with Crippen LogP contribution in [-0.4, -0.2) is 43.7 Å². The van der Waals surface area contributed by atoms with Crippen molar-refractivity contribution in [3.63, 3.8) is 0 Å². The topological polar surface area (TPSA) is 94.8 Å². The highest BCUT2D eigenvalue weighted by molar-refractivity contribution is 6.00. The van der Waals surface area contributed by atoms with Gasteiger partial charge in [-0.05, 0) is 25.0 Å². The van der Waals surface area contributed by atoms with Gasteiger partial charge in [-0.15, -0.1) is 10.2 Å². The number of amides is 1. The van der Waals surface area contributed by atoms with E-state index in [4.69, 9.17) is 0 Å². The minimum Gasteiger partial charge on any atom is -0.467 e. The zero-order valence-electron chi connectivity index (χ0n) is 14.5. The number of aromatic nitrogens is 5. The largest absolute Gasteiger partial charge is 0.467 e. The minimum atomic E-state index is -4.43. The summed E-state index contributed by atoms with van der Waals surface area (Å²) in [4.78, 5) is 16.2. The van der Waals surface area contributed by atoms with Crippen molar-refractivity contribution in [2.24, 2.45) is 5.92 Å². The van der Waals surface area contributed by atoms with Crippen molar-refractivity contribution in [2.75, 3.05) is 11.9 Å². The van der Waals surface area contributed by atoms with Gasteiger partial charge in [-0.3, -0.25) is 9.48 Å². The van der Waals surface area contributed by atoms with Crippen molar-refractivity contribution < 1.29 is 22.7 Å². The van der Waals surface area contributed by atoms with E-state index in [-0.39, 0.29) is 24.2 Å². The first-order valence-electron chi connectivity index (χ1n) is 8.52. The number of carbonyl (C=O) groups is 1. The van der Waals surface area contributed by atoms with E-state index in [2.05, 4.69) is 30.3 Å². The summed E-state index contributed by atoms with van der Waals surface area (Å²) in [6.07, 6.45) is 0.635. The second-order valence-corrected chi connectivity index (χ2v) is 6.45. The molecule has 1 amide bonds. The van der Waals surface area contributed by atoms with Crippen molar-refractivity contribution >= 4 is 22.6 Å². The maximum atomic E-state index is 12.2. The molecule has 1 N–H and O–H groups in total. The number of nitrogens with zero attached hydrogens (tertiary/aromatic N) is 5. The van der Waals surface area contributed by atoms with Crippen LogP contribution in [-0.2, 0) is 11.3 Å². The molecule has 0 bridgehead atoms. The summed E-state index contributed by atoms with van der Waals surface area (Å²) in [5, 5.41) is 15.4. The molecule has 3 aromatic heterocycles. The Morgan fingerprint density at radius 3 is 2.75 bits per heavy atom. The number of hydrogen-bond acceptors (Lipinski definition) is 6. The third kappa shape index (κ3) is 4.35. The van der Waals surface area contributed by atoms with Gasteiger partial charge in [0.25, 0.3) is 0 Å². The second kappa shape index (κ2) is 7.06. The number of carbonyl (C=O) groups excluding carboxylic acids is 1. The van der Waals surface area contributed by atoms with Crippen molar-refractivity contribution in [1.29, 1.82) is 0 Å². The van der Waals surface area contributed by atoms with Crippen molar-refractivity contribution in [2.45, 2.75) is 25.6 Å². The van der Waals surface area contributed by atoms with Crippen LogP contribution >= 0.6 is 0 Å². The van der Waals surface area contributed by atoms with Gasteiger partial charge in [0.15, 0.2) is 6.61 Å². The first kappa shape index (κ1) is 18.1. The van der Waals surface area contributed by atoms with E-state index in [0.717, 1.165) is 12.8 Å². The van der Waals surface area contributed by atoms with Crippen molar-refractivity contribution in [1.82, 2.24) is 25.0 Å². The summed E-state index contributed by atoms with van der Waals surface area (Å²) < 4.78 is 42.6. The average Bonchev–Trinajstić information content (AvgIpc) is 3.41. The average molecular weight is 392 g/mol. The number of ether oxygens (including phenoxy) is 1. The first-order valence-corrected chi connectivity index (χ1v) is 8.52. The molecule has 8 nitrogen and oxygen atoms in total. The van der Waals surface area contributed by atoms with E-state index in [0.29, 0.717) is 22.4 Å². The molecule has 0 unspecified atom stereocenters. The van der Waals surface area contributed by atoms with Crippen LogP contribution in [0.4, 0.5) is 19.0 Å². The molecule has 0 aromatic carbocycles. The molecule has 146 valence electrons. The summed E-state index contributed by atoms with van der Waals surface area (Å²) in [7, 11) is 0. The monoisotopic (exact) mass is 392 g/mol. The van der Waals surface area contributed by atoms with Gasteiger partial charge in [0, 0.05) is 24.4 Å². The standard InChI is InChI=1S/C17H15F3N6O2/c18-17(19,20)9-28-14-4-3-11(23-24-14)7-26-8-12-13(25-26)5-6-21-15(12)22-16(27)10-1-2-10/h3-6,8,10H,1-2,7,9H2,(H,21,22,27). The Morgan fingerprint density at radius 1 is 1.25 bits per heavy atom. The van der Waals surface area contributed by atoms with Crippen LogP contribution in [0.2, 0.25) is 0 Å². The van der Waals surface area contributed by atoms with Gasteiger partial charge >= 0.3 is 6.18 Å². The van der Waals surface area contributed by atoms with Crippen LogP contribution in [0.15, 0.2) is 30.6 Å². The van der Waals surface area contributed by atoms with Gasteiger partial charge in [0.05, 0.1) is 23.1 Å². The maximum absolute atomic E-state index is 12.2. The van der Waals surface area contributed by atoms with Crippen molar-refractivity contribution in [3.05, 3.63) is 36.3 Å². The molecule has 28 heavy (non-hydrogen) atoms. The summed E-state index contributed by atoms with van der Waals surface area (Å²) in [5.74, 6) is 0.247. The van der Waals surface area contributed by atoms with Crippen molar-refractivity contribution in [3.8, 4) is 5.88 Å². The number of halogens is 3. The molecule has 0 radical (unpaired) electrons. The molecule has 11 heteroatoms. The first-order chi connectivity index (χ1) is 13.4. The summed E-state index contributed by atoms with van der Waals surface area (Å²) in [6, 6.07) is 4.55. The molecule has 1 aliphatic carbocycles. The van der Waals surface area contributed by atoms with E-state index in [1.165, 1.54) is 12.1 Å². The van der Waals surface area contributed by atoms with E-state index >= 15 is 0 Å². The van der Waals surface area contributed by atoms with Gasteiger partial charge in [-0.2, -0.15) is 18.3 Å². The summed E-state index contributed by atoms with van der Waals surface area (Å²) in [5.41, 5.74) is 1.14. The molecule has 0 aliphatic heterocycles. The SMILES string of the molecule is O=C(Nc1nccc2nn(Cc3ccc(OCC(F)(F)F)nn3)cc12)C1CC1. The van der Waals surface area contributed by atoms with Crippen LogP contribution in [0.1, 0.15) is 18.5 Å². The van der Waals surface area contributed by atoms with Crippen LogP contribution in [0, 0.1) is 5.92 Å². The number of fused-ring (bicyclic) bond motifs is 1. The van der Waals surface area contributed by atoms with E-state index in [9.17, 15) is 18.0 Å². The number of rotatable bonds is 6. The predicted molar refractivity (Wildman–Crippen MR) is 91.6 cm³/mol. The Bertz CT molecular complexity index is 998. The Hall–Kier alpha value is -3.24. The van der Waals surface area contributed by atoms with Crippen LogP contribution in [0.25, 0.3) is 10.9 Å². The molecule has 0 saturated heterocycles. The smallest absolute Gasteiger partial charge is 0.422 e. The lowest BCUT2D eigenvalue weighted by Crippen LogP contribution is -2.19. The number of alkyl halides is 3. The van der Waals surface area contributed by atoms with E-state index in [1.54, 1.807) is 23.1 Å². The molecular formula is C17H15F3N6O2. The second-order valence-electron chi connectivity index (χ2n) is 6.45. The molecule has 3 heterocycles. The third-order valence-corrected chi connectivity index (χ3v) is 4.07. The molecule has 0 spiro atoms. The third-order valence-electron chi connectivity index (χ3n) is 4.07. The van der Waals surface area contributed by atoms with Crippen LogP contribution in [0.3, 0.4) is 0 Å². The number of hydrogen-bond donors (Lipinski definition) is 1. The fourth-order valence-corrected chi connectivity index (χ4v) is 2.57. The number of anilines is 1. The summed E-state index contributed by atoms with van der Waals surface area (Å²) >= 11 is 0. The molecule has 1 fully saturated rings. The lowest BCUT2D eigenvalue weighted by Gasteiger charge is -2.07. The molecule has 1 aliphatic rings. The highest BCUT2D eigenvalue weighted by Crippen LogP contribution is 2.31. The van der Waals surface area contributed by atoms with E-state index in [1.807, 2.05) is 0 Å². The van der Waals surface area contributed by atoms with Gasteiger partial charge < -0.3 is 10.1 Å². The van der Waals surface area contributed by atoms with Gasteiger partial charge in [-0.1, -0.05) is 0 Å². The normalized spacial score (nSPS) is 14.2. The Morgan fingerprint density at radius 2 is 2.07 bits per heavy atom.